The molecule has 0 spiro atoms. The zero-order valence-corrected chi connectivity index (χ0v) is 18.3. The number of fused-ring (bicyclic) bond motifs is 2. The number of nitrogens with zero attached hydrogens (tertiary/aromatic N) is 7. The molecule has 0 aliphatic rings. The number of hydrogen-bond acceptors (Lipinski definition) is 7. The highest BCUT2D eigenvalue weighted by atomic mass is 19.4. The fourth-order valence-electron chi connectivity index (χ4n) is 3.89. The lowest BCUT2D eigenvalue weighted by atomic mass is 10.1. The number of alkyl halides is 3. The molecule has 0 bridgehead atoms. The molecule has 5 aromatic heterocycles. The number of pyridine rings is 2. The Balaban J connectivity index is 1.39. The summed E-state index contributed by atoms with van der Waals surface area (Å²) in [5.41, 5.74) is 9.27. The van der Waals surface area contributed by atoms with E-state index in [1.807, 2.05) is 19.9 Å². The summed E-state index contributed by atoms with van der Waals surface area (Å²) in [7, 11) is 0. The summed E-state index contributed by atoms with van der Waals surface area (Å²) in [6.45, 7) is 4.72. The number of hydrogen-bond donors (Lipinski definition) is 2. The topological polar surface area (TPSA) is 112 Å². The Morgan fingerprint density at radius 1 is 1.06 bits per heavy atom. The van der Waals surface area contributed by atoms with Gasteiger partial charge in [-0.3, -0.25) is 4.68 Å². The van der Waals surface area contributed by atoms with Crippen molar-refractivity contribution in [1.29, 1.82) is 0 Å². The van der Waals surface area contributed by atoms with E-state index in [2.05, 4.69) is 30.4 Å². The molecule has 0 saturated heterocycles. The van der Waals surface area contributed by atoms with Crippen LogP contribution in [0.2, 0.25) is 0 Å². The molecule has 12 heteroatoms. The minimum atomic E-state index is -4.49. The van der Waals surface area contributed by atoms with E-state index in [1.54, 1.807) is 29.2 Å². The van der Waals surface area contributed by atoms with E-state index in [0.717, 1.165) is 34.0 Å². The van der Waals surface area contributed by atoms with Crippen molar-refractivity contribution in [3.63, 3.8) is 0 Å². The lowest BCUT2D eigenvalue weighted by molar-refractivity contribution is -0.140. The van der Waals surface area contributed by atoms with Gasteiger partial charge in [0.15, 0.2) is 11.3 Å². The summed E-state index contributed by atoms with van der Waals surface area (Å²) in [5.74, 6) is 1.10. The third-order valence-electron chi connectivity index (χ3n) is 5.52. The van der Waals surface area contributed by atoms with E-state index in [1.165, 1.54) is 10.7 Å². The van der Waals surface area contributed by atoms with Crippen molar-refractivity contribution in [1.82, 2.24) is 34.1 Å². The zero-order valence-electron chi connectivity index (χ0n) is 18.3. The van der Waals surface area contributed by atoms with Crippen molar-refractivity contribution in [2.45, 2.75) is 33.1 Å². The number of anilines is 2. The van der Waals surface area contributed by atoms with Crippen LogP contribution in [0.1, 0.15) is 28.1 Å². The first-order valence-electron chi connectivity index (χ1n) is 10.4. The van der Waals surface area contributed by atoms with Gasteiger partial charge in [-0.05, 0) is 42.7 Å². The quantitative estimate of drug-likeness (QED) is 0.405. The molecule has 0 atom stereocenters. The monoisotopic (exact) mass is 467 g/mol. The van der Waals surface area contributed by atoms with Gasteiger partial charge in [-0.25, -0.2) is 19.9 Å². The molecule has 0 unspecified atom stereocenters. The summed E-state index contributed by atoms with van der Waals surface area (Å²) in [5, 5.41) is 8.53. The average Bonchev–Trinajstić information content (AvgIpc) is 3.36. The number of aryl methyl sites for hydroxylation is 2. The molecule has 5 aromatic rings. The first kappa shape index (κ1) is 21.6. The zero-order chi connectivity index (χ0) is 24.0. The molecule has 9 nitrogen and oxygen atoms in total. The molecule has 0 amide bonds. The standard InChI is InChI=1S/C22H20F3N9/c1-12-5-18(26)30-13(2)15(12)6-27-20-16-9-34(32-21(16)29-11-28-20)8-14-3-4-19-31-17(22(23,24)25)10-33(19)7-14/h3-5,7,9-11H,6,8H2,1-2H3,(H2,26,30)(H,27,28,29,32). The highest BCUT2D eigenvalue weighted by molar-refractivity contribution is 5.85. The van der Waals surface area contributed by atoms with Gasteiger partial charge in [0.25, 0.3) is 0 Å². The summed E-state index contributed by atoms with van der Waals surface area (Å²) in [6, 6.07) is 5.09. The van der Waals surface area contributed by atoms with E-state index in [9.17, 15) is 13.2 Å². The third-order valence-corrected chi connectivity index (χ3v) is 5.52. The van der Waals surface area contributed by atoms with Crippen LogP contribution in [0.25, 0.3) is 16.7 Å². The molecule has 3 N–H and O–H groups in total. The van der Waals surface area contributed by atoms with Gasteiger partial charge in [-0.2, -0.15) is 18.3 Å². The van der Waals surface area contributed by atoms with Gasteiger partial charge in [0, 0.05) is 30.8 Å². The Labute approximate surface area is 191 Å². The summed E-state index contributed by atoms with van der Waals surface area (Å²) < 4.78 is 41.9. The van der Waals surface area contributed by atoms with E-state index in [-0.39, 0.29) is 5.65 Å². The minimum Gasteiger partial charge on any atom is -0.384 e. The predicted molar refractivity (Wildman–Crippen MR) is 120 cm³/mol. The summed E-state index contributed by atoms with van der Waals surface area (Å²) in [6.07, 6.45) is 1.32. The van der Waals surface area contributed by atoms with Crippen molar-refractivity contribution in [2.75, 3.05) is 11.1 Å². The van der Waals surface area contributed by atoms with Crippen molar-refractivity contribution in [3.8, 4) is 0 Å². The van der Waals surface area contributed by atoms with Gasteiger partial charge in [0.2, 0.25) is 0 Å². The fourth-order valence-corrected chi connectivity index (χ4v) is 3.89. The average molecular weight is 467 g/mol. The van der Waals surface area contributed by atoms with Crippen LogP contribution in [-0.4, -0.2) is 34.1 Å². The molecule has 5 rings (SSSR count). The SMILES string of the molecule is Cc1cc(N)nc(C)c1CNc1ncnc2nn(Cc3ccc4nc(C(F)(F)F)cn4c3)cc12. The summed E-state index contributed by atoms with van der Waals surface area (Å²) >= 11 is 0. The maximum Gasteiger partial charge on any atom is 0.434 e. The number of nitrogen functional groups attached to an aromatic ring is 1. The number of aromatic nitrogens is 7. The number of imidazole rings is 1. The Morgan fingerprint density at radius 2 is 1.88 bits per heavy atom. The number of nitrogens with two attached hydrogens (primary N) is 1. The van der Waals surface area contributed by atoms with Crippen LogP contribution in [0, 0.1) is 13.8 Å². The predicted octanol–water partition coefficient (Wildman–Crippen LogP) is 3.75. The van der Waals surface area contributed by atoms with Crippen LogP contribution in [0.5, 0.6) is 0 Å². The van der Waals surface area contributed by atoms with Gasteiger partial charge in [0.05, 0.1) is 11.9 Å². The third kappa shape index (κ3) is 4.09. The maximum atomic E-state index is 12.9. The number of halogens is 3. The highest BCUT2D eigenvalue weighted by Crippen LogP contribution is 2.28. The number of nitrogens with one attached hydrogen (secondary N) is 1. The first-order valence-corrected chi connectivity index (χ1v) is 10.4. The van der Waals surface area contributed by atoms with Crippen LogP contribution in [0.4, 0.5) is 24.8 Å². The van der Waals surface area contributed by atoms with Gasteiger partial charge in [0.1, 0.15) is 23.6 Å². The van der Waals surface area contributed by atoms with Crippen LogP contribution < -0.4 is 11.1 Å². The molecule has 0 radical (unpaired) electrons. The molecule has 0 saturated carbocycles. The molecule has 0 aliphatic carbocycles. The van der Waals surface area contributed by atoms with Gasteiger partial charge >= 0.3 is 6.18 Å². The fraction of sp³-hybridized carbons (Fsp3) is 0.227. The van der Waals surface area contributed by atoms with Gasteiger partial charge in [-0.1, -0.05) is 6.07 Å². The van der Waals surface area contributed by atoms with E-state index in [0.29, 0.717) is 30.4 Å². The molecule has 0 aromatic carbocycles. The molecular weight excluding hydrogens is 447 g/mol. The Kier molecular flexibility index (Phi) is 5.07. The second-order valence-corrected chi connectivity index (χ2v) is 7.99. The molecule has 5 heterocycles. The van der Waals surface area contributed by atoms with E-state index >= 15 is 0 Å². The van der Waals surface area contributed by atoms with Crippen molar-refractivity contribution >= 4 is 28.3 Å². The van der Waals surface area contributed by atoms with E-state index in [4.69, 9.17) is 5.73 Å². The first-order chi connectivity index (χ1) is 16.2. The lowest BCUT2D eigenvalue weighted by Gasteiger charge is -2.12. The molecular formula is C22H20F3N9. The Bertz CT molecular complexity index is 1490. The lowest BCUT2D eigenvalue weighted by Crippen LogP contribution is -2.08. The largest absolute Gasteiger partial charge is 0.434 e. The Morgan fingerprint density at radius 3 is 2.65 bits per heavy atom. The minimum absolute atomic E-state index is 0.224. The van der Waals surface area contributed by atoms with Crippen LogP contribution in [0.3, 0.4) is 0 Å². The van der Waals surface area contributed by atoms with E-state index < -0.39 is 11.9 Å². The molecule has 174 valence electrons. The normalized spacial score (nSPS) is 12.0. The van der Waals surface area contributed by atoms with Gasteiger partial charge < -0.3 is 15.5 Å². The van der Waals surface area contributed by atoms with Crippen LogP contribution in [-0.2, 0) is 19.3 Å². The second kappa shape index (κ2) is 7.97. The van der Waals surface area contributed by atoms with Crippen molar-refractivity contribution in [3.05, 3.63) is 71.2 Å². The van der Waals surface area contributed by atoms with Crippen molar-refractivity contribution in [2.24, 2.45) is 0 Å². The van der Waals surface area contributed by atoms with Crippen LogP contribution >= 0.6 is 0 Å². The maximum absolute atomic E-state index is 12.9. The van der Waals surface area contributed by atoms with Crippen molar-refractivity contribution < 1.29 is 13.2 Å². The van der Waals surface area contributed by atoms with Gasteiger partial charge in [-0.15, -0.1) is 0 Å². The molecule has 34 heavy (non-hydrogen) atoms. The smallest absolute Gasteiger partial charge is 0.384 e. The summed E-state index contributed by atoms with van der Waals surface area (Å²) in [4.78, 5) is 16.5. The van der Waals surface area contributed by atoms with Crippen LogP contribution in [0.15, 0.2) is 43.1 Å². The molecule has 0 aliphatic heterocycles. The molecule has 0 fully saturated rings. The number of rotatable bonds is 5. The second-order valence-electron chi connectivity index (χ2n) is 7.99. The highest BCUT2D eigenvalue weighted by Gasteiger charge is 2.33. The Hall–Kier alpha value is -4.22.